The Morgan fingerprint density at radius 2 is 1.71 bits per heavy atom. The number of aryl methyl sites for hydroxylation is 1. The molecule has 186 valence electrons. The molecule has 1 aliphatic heterocycles. The fourth-order valence-electron chi connectivity index (χ4n) is 5.66. The SMILES string of the molecule is O=C1CCc2cccc(N3N=C4C(=CC(Cc5ccc(-n6cccn6)cc5)c5c(F)ccc(F)c54)C3=O)c21. The minimum atomic E-state index is -0.645. The van der Waals surface area contributed by atoms with Gasteiger partial charge >= 0.3 is 0 Å². The molecule has 2 heterocycles. The second-order valence-electron chi connectivity index (χ2n) is 9.63. The Bertz CT molecular complexity index is 1710. The number of hydrogen-bond acceptors (Lipinski definition) is 4. The fourth-order valence-corrected chi connectivity index (χ4v) is 5.66. The van der Waals surface area contributed by atoms with Gasteiger partial charge in [0.2, 0.25) is 0 Å². The van der Waals surface area contributed by atoms with Crippen molar-refractivity contribution in [3.63, 3.8) is 0 Å². The van der Waals surface area contributed by atoms with Crippen LogP contribution in [0.5, 0.6) is 0 Å². The number of nitrogens with zero attached hydrogens (tertiary/aromatic N) is 4. The summed E-state index contributed by atoms with van der Waals surface area (Å²) in [5, 5.41) is 9.85. The molecule has 3 aliphatic rings. The van der Waals surface area contributed by atoms with E-state index < -0.39 is 23.5 Å². The summed E-state index contributed by atoms with van der Waals surface area (Å²) in [4.78, 5) is 26.2. The normalized spacial score (nSPS) is 17.7. The standard InChI is InChI=1S/C30H20F2N4O2/c31-22-10-11-23(32)28-26(22)19(15-17-5-8-20(9-6-17)35-14-2-13-33-35)16-21-29(28)34-36(30(21)38)24-4-1-3-18-7-12-25(37)27(18)24/h1-6,8-11,13-14,16,19H,7,12,15H2. The third-order valence-corrected chi connectivity index (χ3v) is 7.41. The summed E-state index contributed by atoms with van der Waals surface area (Å²) >= 11 is 0. The van der Waals surface area contributed by atoms with Gasteiger partial charge in [0.05, 0.1) is 16.9 Å². The zero-order chi connectivity index (χ0) is 26.0. The van der Waals surface area contributed by atoms with Crippen LogP contribution in [0.1, 0.15) is 45.0 Å². The molecule has 6 nitrogen and oxygen atoms in total. The number of halogens is 2. The summed E-state index contributed by atoms with van der Waals surface area (Å²) in [6.07, 6.45) is 6.54. The van der Waals surface area contributed by atoms with E-state index in [9.17, 15) is 9.59 Å². The predicted octanol–water partition coefficient (Wildman–Crippen LogP) is 5.30. The van der Waals surface area contributed by atoms with Crippen molar-refractivity contribution in [3.8, 4) is 5.69 Å². The zero-order valence-electron chi connectivity index (χ0n) is 20.1. The molecule has 0 bridgehead atoms. The molecule has 0 saturated heterocycles. The Kier molecular flexibility index (Phi) is 4.97. The Morgan fingerprint density at radius 1 is 0.895 bits per heavy atom. The highest BCUT2D eigenvalue weighted by atomic mass is 19.1. The topological polar surface area (TPSA) is 67.6 Å². The summed E-state index contributed by atoms with van der Waals surface area (Å²) in [5.41, 5.74) is 3.95. The van der Waals surface area contributed by atoms with Gasteiger partial charge in [0, 0.05) is 41.4 Å². The van der Waals surface area contributed by atoms with Crippen LogP contribution in [0.25, 0.3) is 5.69 Å². The van der Waals surface area contributed by atoms with E-state index in [-0.39, 0.29) is 28.2 Å². The highest BCUT2D eigenvalue weighted by Gasteiger charge is 2.41. The lowest BCUT2D eigenvalue weighted by Gasteiger charge is -2.24. The lowest BCUT2D eigenvalue weighted by molar-refractivity contribution is -0.114. The van der Waals surface area contributed by atoms with E-state index in [2.05, 4.69) is 10.2 Å². The van der Waals surface area contributed by atoms with Gasteiger partial charge in [0.1, 0.15) is 17.3 Å². The van der Waals surface area contributed by atoms with Crippen molar-refractivity contribution in [3.05, 3.63) is 124 Å². The second kappa shape index (κ2) is 8.41. The number of carbonyl (C=O) groups excluding carboxylic acids is 2. The molecule has 7 rings (SSSR count). The number of amides is 1. The predicted molar refractivity (Wildman–Crippen MR) is 138 cm³/mol. The monoisotopic (exact) mass is 506 g/mol. The third-order valence-electron chi connectivity index (χ3n) is 7.41. The van der Waals surface area contributed by atoms with Crippen molar-refractivity contribution >= 4 is 23.1 Å². The maximum atomic E-state index is 15.3. The van der Waals surface area contributed by atoms with E-state index in [0.717, 1.165) is 28.9 Å². The van der Waals surface area contributed by atoms with Crippen LogP contribution >= 0.6 is 0 Å². The van der Waals surface area contributed by atoms with Crippen molar-refractivity contribution < 1.29 is 18.4 Å². The molecule has 0 spiro atoms. The first-order valence-corrected chi connectivity index (χ1v) is 12.4. The highest BCUT2D eigenvalue weighted by molar-refractivity contribution is 6.37. The Hall–Kier alpha value is -4.72. The van der Waals surface area contributed by atoms with Gasteiger partial charge in [-0.1, -0.05) is 30.3 Å². The zero-order valence-corrected chi connectivity index (χ0v) is 20.1. The first-order valence-electron chi connectivity index (χ1n) is 12.4. The molecule has 2 aliphatic carbocycles. The van der Waals surface area contributed by atoms with Crippen molar-refractivity contribution in [2.45, 2.75) is 25.2 Å². The van der Waals surface area contributed by atoms with Crippen LogP contribution in [0, 0.1) is 11.6 Å². The molecule has 1 amide bonds. The quantitative estimate of drug-likeness (QED) is 0.378. The number of benzene rings is 3. The van der Waals surface area contributed by atoms with Crippen LogP contribution in [0.4, 0.5) is 14.5 Å². The second-order valence-corrected chi connectivity index (χ2v) is 9.63. The number of carbonyl (C=O) groups is 2. The van der Waals surface area contributed by atoms with E-state index in [1.807, 2.05) is 42.6 Å². The molecule has 38 heavy (non-hydrogen) atoms. The third kappa shape index (κ3) is 3.37. The van der Waals surface area contributed by atoms with Gasteiger partial charge in [-0.25, -0.2) is 13.5 Å². The molecule has 1 unspecified atom stereocenters. The first kappa shape index (κ1) is 22.5. The number of rotatable bonds is 4. The number of hydrogen-bond donors (Lipinski definition) is 0. The van der Waals surface area contributed by atoms with Crippen LogP contribution in [-0.4, -0.2) is 27.2 Å². The number of allylic oxidation sites excluding steroid dienone is 1. The van der Waals surface area contributed by atoms with Crippen molar-refractivity contribution in [1.29, 1.82) is 0 Å². The van der Waals surface area contributed by atoms with E-state index >= 15 is 8.78 Å². The lowest BCUT2D eigenvalue weighted by Crippen LogP contribution is -2.26. The number of hydrazone groups is 1. The lowest BCUT2D eigenvalue weighted by atomic mass is 9.79. The maximum Gasteiger partial charge on any atom is 0.280 e. The fraction of sp³-hybridized carbons (Fsp3) is 0.133. The minimum Gasteiger partial charge on any atom is -0.294 e. The number of anilines is 1. The van der Waals surface area contributed by atoms with Crippen molar-refractivity contribution in [1.82, 2.24) is 9.78 Å². The smallest absolute Gasteiger partial charge is 0.280 e. The van der Waals surface area contributed by atoms with Crippen LogP contribution < -0.4 is 5.01 Å². The highest BCUT2D eigenvalue weighted by Crippen LogP contribution is 2.41. The average molecular weight is 507 g/mol. The summed E-state index contributed by atoms with van der Waals surface area (Å²) in [6, 6.07) is 17.0. The summed E-state index contributed by atoms with van der Waals surface area (Å²) in [5.74, 6) is -2.30. The molecule has 3 aromatic carbocycles. The summed E-state index contributed by atoms with van der Waals surface area (Å²) in [6.45, 7) is 0. The molecular weight excluding hydrogens is 486 g/mol. The van der Waals surface area contributed by atoms with E-state index in [1.54, 1.807) is 29.1 Å². The van der Waals surface area contributed by atoms with Gasteiger partial charge < -0.3 is 0 Å². The molecule has 4 aromatic rings. The van der Waals surface area contributed by atoms with Crippen molar-refractivity contribution in [2.75, 3.05) is 5.01 Å². The van der Waals surface area contributed by atoms with Gasteiger partial charge in [-0.2, -0.15) is 15.2 Å². The molecule has 1 atom stereocenters. The van der Waals surface area contributed by atoms with Gasteiger partial charge in [-0.3, -0.25) is 9.59 Å². The Balaban J connectivity index is 1.31. The van der Waals surface area contributed by atoms with Gasteiger partial charge in [-0.05, 0) is 60.4 Å². The first-order chi connectivity index (χ1) is 18.5. The summed E-state index contributed by atoms with van der Waals surface area (Å²) in [7, 11) is 0. The molecule has 0 N–H and O–H groups in total. The van der Waals surface area contributed by atoms with E-state index in [1.165, 1.54) is 5.01 Å². The Labute approximate surface area is 216 Å². The molecule has 0 radical (unpaired) electrons. The van der Waals surface area contributed by atoms with Crippen LogP contribution in [0.15, 0.2) is 89.8 Å². The number of fused-ring (bicyclic) bond motifs is 4. The molecule has 1 aromatic heterocycles. The number of aromatic nitrogens is 2. The van der Waals surface area contributed by atoms with Crippen molar-refractivity contribution in [2.24, 2.45) is 5.10 Å². The number of Topliss-reactive ketones (excluding diaryl/α,β-unsaturated/α-hetero) is 1. The average Bonchev–Trinajstić information content (AvgIpc) is 3.67. The molecular formula is C30H20F2N4O2. The largest absolute Gasteiger partial charge is 0.294 e. The van der Waals surface area contributed by atoms with Gasteiger partial charge in [0.15, 0.2) is 5.78 Å². The van der Waals surface area contributed by atoms with Crippen LogP contribution in [0.3, 0.4) is 0 Å². The maximum absolute atomic E-state index is 15.3. The van der Waals surface area contributed by atoms with Gasteiger partial charge in [-0.15, -0.1) is 0 Å². The van der Waals surface area contributed by atoms with E-state index in [0.29, 0.717) is 30.5 Å². The minimum absolute atomic E-state index is 0.00425. The van der Waals surface area contributed by atoms with Gasteiger partial charge in [0.25, 0.3) is 5.91 Å². The molecule has 8 heteroatoms. The van der Waals surface area contributed by atoms with E-state index in [4.69, 9.17) is 0 Å². The molecule has 0 saturated carbocycles. The van der Waals surface area contributed by atoms with Crippen LogP contribution in [-0.2, 0) is 17.6 Å². The molecule has 0 fully saturated rings. The summed E-state index contributed by atoms with van der Waals surface area (Å²) < 4.78 is 32.3. The Morgan fingerprint density at radius 3 is 2.50 bits per heavy atom. The van der Waals surface area contributed by atoms with Crippen LogP contribution in [0.2, 0.25) is 0 Å². The number of ketones is 1.